The molecule has 1 aromatic rings. The Bertz CT molecular complexity index is 489. The van der Waals surface area contributed by atoms with Gasteiger partial charge in [-0.2, -0.15) is 0 Å². The number of nitrogens with one attached hydrogen (secondary N) is 1. The molecule has 102 valence electrons. The van der Waals surface area contributed by atoms with E-state index in [4.69, 9.17) is 5.73 Å². The minimum Gasteiger partial charge on any atom is -0.329 e. The molecule has 0 aromatic heterocycles. The molecule has 4 nitrogen and oxygen atoms in total. The van der Waals surface area contributed by atoms with Gasteiger partial charge in [-0.3, -0.25) is 0 Å². The number of sulfonamides is 1. The van der Waals surface area contributed by atoms with Crippen LogP contribution in [0.25, 0.3) is 0 Å². The Morgan fingerprint density at radius 1 is 1.39 bits per heavy atom. The molecule has 0 aliphatic carbocycles. The molecule has 0 bridgehead atoms. The third-order valence-electron chi connectivity index (χ3n) is 2.47. The molecule has 0 amide bonds. The molecule has 0 saturated carbocycles. The summed E-state index contributed by atoms with van der Waals surface area (Å²) in [6.45, 7) is 4.40. The van der Waals surface area contributed by atoms with E-state index in [0.717, 1.165) is 9.99 Å². The van der Waals surface area contributed by atoms with Crippen molar-refractivity contribution in [2.24, 2.45) is 11.7 Å². The molecule has 6 heteroatoms. The molecule has 0 saturated heterocycles. The van der Waals surface area contributed by atoms with Crippen molar-refractivity contribution in [1.82, 2.24) is 4.72 Å². The van der Waals surface area contributed by atoms with E-state index in [9.17, 15) is 8.42 Å². The zero-order valence-electron chi connectivity index (χ0n) is 10.6. The summed E-state index contributed by atoms with van der Waals surface area (Å²) in [6.07, 6.45) is 0.736. The van der Waals surface area contributed by atoms with Gasteiger partial charge in [-0.05, 0) is 53.1 Å². The summed E-state index contributed by atoms with van der Waals surface area (Å²) in [7, 11) is -3.47. The van der Waals surface area contributed by atoms with Crippen LogP contribution in [0.3, 0.4) is 0 Å². The molecular formula is C12H19IN2O2S. The van der Waals surface area contributed by atoms with Crippen molar-refractivity contribution >= 4 is 32.6 Å². The summed E-state index contributed by atoms with van der Waals surface area (Å²) in [5.41, 5.74) is 5.61. The highest BCUT2D eigenvalue weighted by Gasteiger charge is 2.19. The van der Waals surface area contributed by atoms with Crippen molar-refractivity contribution in [2.45, 2.75) is 31.2 Å². The van der Waals surface area contributed by atoms with Crippen LogP contribution in [0, 0.1) is 9.49 Å². The molecule has 3 N–H and O–H groups in total. The second kappa shape index (κ2) is 6.83. The van der Waals surface area contributed by atoms with Crippen molar-refractivity contribution in [3.05, 3.63) is 27.8 Å². The fourth-order valence-corrected chi connectivity index (χ4v) is 3.74. The van der Waals surface area contributed by atoms with Gasteiger partial charge in [-0.25, -0.2) is 13.1 Å². The third-order valence-corrected chi connectivity index (χ3v) is 4.66. The first kappa shape index (κ1) is 15.9. The molecule has 1 aromatic carbocycles. The molecule has 0 aliphatic heterocycles. The van der Waals surface area contributed by atoms with E-state index in [0.29, 0.717) is 12.5 Å². The predicted molar refractivity (Wildman–Crippen MR) is 81.8 cm³/mol. The normalized spacial score (nSPS) is 13.8. The topological polar surface area (TPSA) is 72.2 Å². The van der Waals surface area contributed by atoms with Crippen molar-refractivity contribution in [2.75, 3.05) is 6.54 Å². The van der Waals surface area contributed by atoms with Gasteiger partial charge in [0.1, 0.15) is 0 Å². The molecule has 0 spiro atoms. The van der Waals surface area contributed by atoms with Crippen LogP contribution in [0.15, 0.2) is 29.2 Å². The predicted octanol–water partition coefficient (Wildman–Crippen LogP) is 1.94. The quantitative estimate of drug-likeness (QED) is 0.739. The Morgan fingerprint density at radius 3 is 2.56 bits per heavy atom. The lowest BCUT2D eigenvalue weighted by atomic mass is 10.1. The Balaban J connectivity index is 2.87. The van der Waals surface area contributed by atoms with Gasteiger partial charge in [0.15, 0.2) is 0 Å². The Kier molecular flexibility index (Phi) is 6.03. The average molecular weight is 382 g/mol. The minimum atomic E-state index is -3.47. The molecule has 0 fully saturated rings. The van der Waals surface area contributed by atoms with E-state index < -0.39 is 10.0 Å². The highest BCUT2D eigenvalue weighted by atomic mass is 127. The second-order valence-corrected chi connectivity index (χ2v) is 7.60. The lowest BCUT2D eigenvalue weighted by Gasteiger charge is -2.18. The van der Waals surface area contributed by atoms with E-state index in [-0.39, 0.29) is 10.9 Å². The maximum absolute atomic E-state index is 12.2. The zero-order valence-corrected chi connectivity index (χ0v) is 13.5. The zero-order chi connectivity index (χ0) is 13.8. The van der Waals surface area contributed by atoms with Crippen molar-refractivity contribution < 1.29 is 8.42 Å². The van der Waals surface area contributed by atoms with Crippen LogP contribution >= 0.6 is 22.6 Å². The van der Waals surface area contributed by atoms with Crippen LogP contribution in [-0.2, 0) is 10.0 Å². The molecule has 1 rings (SSSR count). The summed E-state index contributed by atoms with van der Waals surface area (Å²) >= 11 is 2.09. The summed E-state index contributed by atoms with van der Waals surface area (Å²) in [6, 6.07) is 6.61. The summed E-state index contributed by atoms with van der Waals surface area (Å²) < 4.78 is 27.9. The largest absolute Gasteiger partial charge is 0.329 e. The second-order valence-electron chi connectivity index (χ2n) is 4.64. The smallest absolute Gasteiger partial charge is 0.240 e. The van der Waals surface area contributed by atoms with Crippen LogP contribution in [0.4, 0.5) is 0 Å². The monoisotopic (exact) mass is 382 g/mol. The first-order valence-corrected chi connectivity index (χ1v) is 8.39. The standard InChI is InChI=1S/C12H19IN2O2S/c1-9(2)6-11(8-14)15-18(16,17)12-5-3-4-10(13)7-12/h3-5,7,9,11,15H,6,8,14H2,1-2H3. The number of nitrogens with two attached hydrogens (primary N) is 1. The van der Waals surface area contributed by atoms with Crippen LogP contribution in [-0.4, -0.2) is 21.0 Å². The van der Waals surface area contributed by atoms with E-state index in [1.54, 1.807) is 18.2 Å². The highest BCUT2D eigenvalue weighted by Crippen LogP contribution is 2.14. The van der Waals surface area contributed by atoms with Gasteiger partial charge >= 0.3 is 0 Å². The van der Waals surface area contributed by atoms with E-state index in [2.05, 4.69) is 27.3 Å². The first-order chi connectivity index (χ1) is 8.35. The lowest BCUT2D eigenvalue weighted by Crippen LogP contribution is -2.40. The molecule has 0 radical (unpaired) electrons. The van der Waals surface area contributed by atoms with Gasteiger partial charge in [0, 0.05) is 16.2 Å². The molecule has 18 heavy (non-hydrogen) atoms. The number of hydrogen-bond acceptors (Lipinski definition) is 3. The summed E-state index contributed by atoms with van der Waals surface area (Å²) in [4.78, 5) is 0.289. The molecule has 1 atom stereocenters. The van der Waals surface area contributed by atoms with Gasteiger partial charge in [0.05, 0.1) is 4.90 Å². The molecule has 1 unspecified atom stereocenters. The Morgan fingerprint density at radius 2 is 2.06 bits per heavy atom. The molecule has 0 aliphatic rings. The van der Waals surface area contributed by atoms with E-state index >= 15 is 0 Å². The van der Waals surface area contributed by atoms with Gasteiger partial charge in [-0.15, -0.1) is 0 Å². The van der Waals surface area contributed by atoms with Gasteiger partial charge < -0.3 is 5.73 Å². The Labute approximate surface area is 123 Å². The number of rotatable bonds is 6. The van der Waals surface area contributed by atoms with E-state index in [1.165, 1.54) is 0 Å². The Hall–Kier alpha value is -0.180. The van der Waals surface area contributed by atoms with Gasteiger partial charge in [0.2, 0.25) is 10.0 Å². The van der Waals surface area contributed by atoms with E-state index in [1.807, 2.05) is 19.9 Å². The van der Waals surface area contributed by atoms with Crippen molar-refractivity contribution in [3.63, 3.8) is 0 Å². The summed E-state index contributed by atoms with van der Waals surface area (Å²) in [5.74, 6) is 0.400. The number of hydrogen-bond donors (Lipinski definition) is 2. The van der Waals surface area contributed by atoms with Gasteiger partial charge in [0.25, 0.3) is 0 Å². The fourth-order valence-electron chi connectivity index (χ4n) is 1.68. The fraction of sp³-hybridized carbons (Fsp3) is 0.500. The first-order valence-electron chi connectivity index (χ1n) is 5.83. The molecular weight excluding hydrogens is 363 g/mol. The van der Waals surface area contributed by atoms with Crippen LogP contribution in [0.5, 0.6) is 0 Å². The van der Waals surface area contributed by atoms with Crippen LogP contribution in [0.1, 0.15) is 20.3 Å². The van der Waals surface area contributed by atoms with Crippen LogP contribution < -0.4 is 10.5 Å². The lowest BCUT2D eigenvalue weighted by molar-refractivity contribution is 0.465. The minimum absolute atomic E-state index is 0.215. The molecule has 0 heterocycles. The van der Waals surface area contributed by atoms with Crippen molar-refractivity contribution in [1.29, 1.82) is 0 Å². The highest BCUT2D eigenvalue weighted by molar-refractivity contribution is 14.1. The maximum Gasteiger partial charge on any atom is 0.240 e. The summed E-state index contributed by atoms with van der Waals surface area (Å²) in [5, 5.41) is 0. The number of halogens is 1. The van der Waals surface area contributed by atoms with Crippen molar-refractivity contribution in [3.8, 4) is 0 Å². The van der Waals surface area contributed by atoms with Gasteiger partial charge in [-0.1, -0.05) is 19.9 Å². The number of benzene rings is 1. The van der Waals surface area contributed by atoms with Crippen LogP contribution in [0.2, 0.25) is 0 Å². The average Bonchev–Trinajstić information content (AvgIpc) is 2.27. The third kappa shape index (κ3) is 4.83. The maximum atomic E-state index is 12.2. The SMILES string of the molecule is CC(C)CC(CN)NS(=O)(=O)c1cccc(I)c1.